The van der Waals surface area contributed by atoms with E-state index in [9.17, 15) is 9.00 Å². The van der Waals surface area contributed by atoms with Gasteiger partial charge in [0.2, 0.25) is 5.88 Å². The minimum atomic E-state index is -2.95. The average Bonchev–Trinajstić information content (AvgIpc) is 3.67. The highest BCUT2D eigenvalue weighted by atomic mass is 32.2. The Balaban J connectivity index is 1.36. The van der Waals surface area contributed by atoms with Crippen molar-refractivity contribution in [1.29, 1.82) is 4.78 Å². The molecule has 1 unspecified atom stereocenters. The number of carbonyl (C=O) groups excluding carboxylic acids is 1. The molecule has 1 aromatic carbocycles. The number of nitrogens with one attached hydrogen (secondary N) is 2. The smallest absolute Gasteiger partial charge is 0.407 e. The number of alkyl carbamates (subject to hydrolysis) is 1. The van der Waals surface area contributed by atoms with Crippen LogP contribution >= 0.6 is 11.3 Å². The lowest BCUT2D eigenvalue weighted by molar-refractivity contribution is 0.109. The van der Waals surface area contributed by atoms with E-state index in [0.717, 1.165) is 65.1 Å². The zero-order valence-electron chi connectivity index (χ0n) is 21.9. The van der Waals surface area contributed by atoms with Crippen molar-refractivity contribution in [2.45, 2.75) is 80.6 Å². The maximum absolute atomic E-state index is 13.7. The van der Waals surface area contributed by atoms with Crippen molar-refractivity contribution in [3.8, 4) is 27.4 Å². The fourth-order valence-corrected chi connectivity index (χ4v) is 8.06. The summed E-state index contributed by atoms with van der Waals surface area (Å²) in [6.45, 7) is 3.69. The number of aromatic nitrogens is 2. The number of pyridine rings is 1. The molecule has 2 aliphatic carbocycles. The third kappa shape index (κ3) is 5.86. The number of ether oxygens (including phenoxy) is 2. The Hall–Kier alpha value is -2.98. The number of methoxy groups -OCH3 is 1. The topological polar surface area (TPSA) is 114 Å². The van der Waals surface area contributed by atoms with E-state index in [-0.39, 0.29) is 23.5 Å². The summed E-state index contributed by atoms with van der Waals surface area (Å²) in [5, 5.41) is 3.94. The molecule has 2 saturated carbocycles. The number of benzene rings is 1. The van der Waals surface area contributed by atoms with Crippen molar-refractivity contribution < 1.29 is 18.5 Å². The Kier molecular flexibility index (Phi) is 7.72. The van der Waals surface area contributed by atoms with Gasteiger partial charge in [-0.25, -0.2) is 23.8 Å². The molecule has 1 atom stereocenters. The van der Waals surface area contributed by atoms with E-state index in [2.05, 4.69) is 10.3 Å². The predicted molar refractivity (Wildman–Crippen MR) is 149 cm³/mol. The molecular weight excluding hydrogens is 520 g/mol. The molecule has 2 fully saturated rings. The molecule has 3 aromatic rings. The van der Waals surface area contributed by atoms with Gasteiger partial charge in [0.25, 0.3) is 0 Å². The molecule has 8 nitrogen and oxygen atoms in total. The lowest BCUT2D eigenvalue weighted by Crippen LogP contribution is -2.38. The fourth-order valence-electron chi connectivity index (χ4n) is 4.91. The Morgan fingerprint density at radius 3 is 2.42 bits per heavy atom. The van der Waals surface area contributed by atoms with Crippen LogP contribution in [0.15, 0.2) is 47.6 Å². The molecule has 0 spiro atoms. The van der Waals surface area contributed by atoms with Gasteiger partial charge in [-0.05, 0) is 70.1 Å². The quantitative estimate of drug-likeness (QED) is 0.324. The van der Waals surface area contributed by atoms with Crippen LogP contribution in [-0.2, 0) is 14.5 Å². The van der Waals surface area contributed by atoms with Gasteiger partial charge < -0.3 is 14.8 Å². The number of rotatable bonds is 8. The molecule has 1 amide bonds. The maximum atomic E-state index is 13.7. The summed E-state index contributed by atoms with van der Waals surface area (Å²) < 4.78 is 32.9. The van der Waals surface area contributed by atoms with Gasteiger partial charge in [0.05, 0.1) is 37.7 Å². The van der Waals surface area contributed by atoms with E-state index in [1.807, 2.05) is 44.3 Å². The van der Waals surface area contributed by atoms with E-state index in [0.29, 0.717) is 16.7 Å². The molecule has 0 saturated heterocycles. The molecule has 0 bridgehead atoms. The van der Waals surface area contributed by atoms with E-state index >= 15 is 0 Å². The number of hydrogen-bond acceptors (Lipinski definition) is 8. The van der Waals surface area contributed by atoms with Crippen molar-refractivity contribution in [2.24, 2.45) is 0 Å². The fraction of sp³-hybridized carbons (Fsp3) is 0.464. The number of hydrogen-bond donors (Lipinski definition) is 2. The van der Waals surface area contributed by atoms with Crippen LogP contribution in [0.4, 0.5) is 4.79 Å². The maximum Gasteiger partial charge on any atom is 0.407 e. The van der Waals surface area contributed by atoms with Crippen LogP contribution in [0, 0.1) is 4.78 Å². The Bertz CT molecular complexity index is 1390. The van der Waals surface area contributed by atoms with Crippen molar-refractivity contribution >= 4 is 27.2 Å². The van der Waals surface area contributed by atoms with Gasteiger partial charge in [-0.3, -0.25) is 0 Å². The van der Waals surface area contributed by atoms with Gasteiger partial charge >= 0.3 is 6.09 Å². The first-order valence-electron chi connectivity index (χ1n) is 13.1. The van der Waals surface area contributed by atoms with E-state index < -0.39 is 9.73 Å². The molecular formula is C28H34N4O4S2. The number of nitrogens with zero attached hydrogens (tertiary/aromatic N) is 2. The van der Waals surface area contributed by atoms with Crippen molar-refractivity contribution in [3.63, 3.8) is 0 Å². The lowest BCUT2D eigenvalue weighted by atomic mass is 9.86. The highest BCUT2D eigenvalue weighted by Gasteiger charge is 2.36. The highest BCUT2D eigenvalue weighted by Crippen LogP contribution is 2.43. The number of carbonyl (C=O) groups is 1. The zero-order chi connectivity index (χ0) is 26.9. The first-order valence-corrected chi connectivity index (χ1v) is 15.5. The molecule has 10 heteroatoms. The predicted octanol–water partition coefficient (Wildman–Crippen LogP) is 6.61. The van der Waals surface area contributed by atoms with E-state index in [1.54, 1.807) is 30.7 Å². The van der Waals surface area contributed by atoms with Crippen LogP contribution < -0.4 is 10.1 Å². The Morgan fingerprint density at radius 2 is 1.79 bits per heavy atom. The van der Waals surface area contributed by atoms with Crippen LogP contribution in [0.2, 0.25) is 0 Å². The standard InChI is InChI=1S/C28H34N4O4S2/c1-17(2)36-28(33)32-21-8-4-18(5-9-21)27-31-16-24(37-27)23-12-6-19(20-7-13-26(35-3)30-15-20)14-25(23)38(29,34)22-10-11-22/h6-7,12-18,21-22,29H,4-5,8-11H2,1-3H3,(H,32,33). The molecule has 5 rings (SSSR count). The molecule has 2 N–H and O–H groups in total. The van der Waals surface area contributed by atoms with Gasteiger partial charge in [-0.1, -0.05) is 12.1 Å². The first-order chi connectivity index (χ1) is 18.2. The molecule has 202 valence electrons. The summed E-state index contributed by atoms with van der Waals surface area (Å²) in [6, 6.07) is 9.72. The summed E-state index contributed by atoms with van der Waals surface area (Å²) in [6.07, 6.45) is 8.40. The van der Waals surface area contributed by atoms with Gasteiger partial charge in [0.15, 0.2) is 0 Å². The van der Waals surface area contributed by atoms with Crippen molar-refractivity contribution in [1.82, 2.24) is 15.3 Å². The SMILES string of the molecule is COc1ccc(-c2ccc(-c3cnc(C4CCC(NC(=O)OC(C)C)CC4)s3)c(S(=N)(=O)C3CC3)c2)cn1. The Morgan fingerprint density at radius 1 is 1.05 bits per heavy atom. The third-order valence-electron chi connectivity index (χ3n) is 7.11. The summed E-state index contributed by atoms with van der Waals surface area (Å²) in [5.74, 6) is 0.857. The van der Waals surface area contributed by atoms with Gasteiger partial charge in [0, 0.05) is 46.8 Å². The van der Waals surface area contributed by atoms with Crippen LogP contribution in [0.25, 0.3) is 21.6 Å². The highest BCUT2D eigenvalue weighted by molar-refractivity contribution is 7.93. The van der Waals surface area contributed by atoms with Gasteiger partial charge in [-0.15, -0.1) is 11.3 Å². The summed E-state index contributed by atoms with van der Waals surface area (Å²) in [5.41, 5.74) is 2.60. The monoisotopic (exact) mass is 554 g/mol. The van der Waals surface area contributed by atoms with Gasteiger partial charge in [-0.2, -0.15) is 0 Å². The molecule has 2 aromatic heterocycles. The first kappa shape index (κ1) is 26.6. The largest absolute Gasteiger partial charge is 0.481 e. The second-order valence-electron chi connectivity index (χ2n) is 10.3. The van der Waals surface area contributed by atoms with Crippen LogP contribution in [0.3, 0.4) is 0 Å². The lowest BCUT2D eigenvalue weighted by Gasteiger charge is -2.28. The molecule has 38 heavy (non-hydrogen) atoms. The summed E-state index contributed by atoms with van der Waals surface area (Å²) in [4.78, 5) is 22.5. The van der Waals surface area contributed by atoms with Crippen LogP contribution in [0.1, 0.15) is 63.3 Å². The number of thiazole rings is 1. The summed E-state index contributed by atoms with van der Waals surface area (Å²) >= 11 is 1.62. The minimum Gasteiger partial charge on any atom is -0.481 e. The second kappa shape index (κ2) is 11.0. The third-order valence-corrected chi connectivity index (χ3v) is 10.7. The normalized spacial score (nSPS) is 21.1. The van der Waals surface area contributed by atoms with Crippen molar-refractivity contribution in [3.05, 3.63) is 47.7 Å². The minimum absolute atomic E-state index is 0.0944. The molecule has 2 heterocycles. The average molecular weight is 555 g/mol. The second-order valence-corrected chi connectivity index (χ2v) is 13.7. The molecule has 0 radical (unpaired) electrons. The molecule has 0 aliphatic heterocycles. The van der Waals surface area contributed by atoms with Gasteiger partial charge in [0.1, 0.15) is 0 Å². The zero-order valence-corrected chi connectivity index (χ0v) is 23.6. The Labute approximate surface area is 228 Å². The van der Waals surface area contributed by atoms with E-state index in [4.69, 9.17) is 19.2 Å². The summed E-state index contributed by atoms with van der Waals surface area (Å²) in [7, 11) is -1.37. The number of amides is 1. The van der Waals surface area contributed by atoms with Crippen molar-refractivity contribution in [2.75, 3.05) is 7.11 Å². The van der Waals surface area contributed by atoms with Crippen LogP contribution in [-0.4, -0.2) is 44.8 Å². The van der Waals surface area contributed by atoms with Crippen LogP contribution in [0.5, 0.6) is 5.88 Å². The molecule has 2 aliphatic rings. The van der Waals surface area contributed by atoms with E-state index in [1.165, 1.54) is 0 Å².